The highest BCUT2D eigenvalue weighted by Gasteiger charge is 2.42. The summed E-state index contributed by atoms with van der Waals surface area (Å²) in [5.74, 6) is -0.890. The number of aliphatic hydroxyl groups excluding tert-OH is 1. The monoisotopic (exact) mass is 206 g/mol. The Kier molecular flexibility index (Phi) is 2.49. The second kappa shape index (κ2) is 3.66. The molecule has 0 aliphatic heterocycles. The van der Waals surface area contributed by atoms with Crippen molar-refractivity contribution in [3.05, 3.63) is 35.4 Å². The molecule has 1 aromatic carbocycles. The van der Waals surface area contributed by atoms with Crippen LogP contribution in [-0.4, -0.2) is 22.8 Å². The summed E-state index contributed by atoms with van der Waals surface area (Å²) in [4.78, 5) is 11.0. The minimum absolute atomic E-state index is 0.0362. The number of hydrogen-bond donors (Lipinski definition) is 2. The second-order valence-electron chi connectivity index (χ2n) is 4.30. The molecule has 80 valence electrons. The van der Waals surface area contributed by atoms with Crippen LogP contribution in [0.3, 0.4) is 0 Å². The van der Waals surface area contributed by atoms with Crippen molar-refractivity contribution in [2.24, 2.45) is 5.41 Å². The van der Waals surface area contributed by atoms with Crippen molar-refractivity contribution in [2.75, 3.05) is 6.61 Å². The lowest BCUT2D eigenvalue weighted by molar-refractivity contribution is 0.0695. The molecule has 0 radical (unpaired) electrons. The predicted octanol–water partition coefficient (Wildman–Crippen LogP) is 1.70. The molecular formula is C12H14O3. The average Bonchev–Trinajstić information content (AvgIpc) is 2.99. The molecule has 0 atom stereocenters. The topological polar surface area (TPSA) is 57.5 Å². The number of aromatic carboxylic acids is 1. The van der Waals surface area contributed by atoms with Crippen molar-refractivity contribution in [3.63, 3.8) is 0 Å². The summed E-state index contributed by atoms with van der Waals surface area (Å²) >= 11 is 0. The van der Waals surface area contributed by atoms with Crippen LogP contribution in [0.1, 0.15) is 28.8 Å². The highest BCUT2D eigenvalue weighted by molar-refractivity contribution is 5.89. The summed E-state index contributed by atoms with van der Waals surface area (Å²) in [6.07, 6.45) is 2.67. The SMILES string of the molecule is O=C(O)c1ccccc1CC1(CO)CC1. The molecule has 0 aromatic heterocycles. The van der Waals surface area contributed by atoms with E-state index in [4.69, 9.17) is 5.11 Å². The smallest absolute Gasteiger partial charge is 0.335 e. The maximum atomic E-state index is 11.0. The summed E-state index contributed by atoms with van der Waals surface area (Å²) in [6.45, 7) is 0.154. The van der Waals surface area contributed by atoms with Gasteiger partial charge in [-0.15, -0.1) is 0 Å². The third kappa shape index (κ3) is 2.02. The van der Waals surface area contributed by atoms with Crippen LogP contribution in [0.25, 0.3) is 0 Å². The molecule has 15 heavy (non-hydrogen) atoms. The fourth-order valence-electron chi connectivity index (χ4n) is 1.85. The van der Waals surface area contributed by atoms with E-state index in [0.29, 0.717) is 12.0 Å². The Bertz CT molecular complexity index is 380. The summed E-state index contributed by atoms with van der Waals surface area (Å²) in [7, 11) is 0. The van der Waals surface area contributed by atoms with Gasteiger partial charge in [-0.2, -0.15) is 0 Å². The van der Waals surface area contributed by atoms with Crippen molar-refractivity contribution in [1.82, 2.24) is 0 Å². The quantitative estimate of drug-likeness (QED) is 0.788. The number of rotatable bonds is 4. The van der Waals surface area contributed by atoms with Crippen LogP contribution >= 0.6 is 0 Å². The van der Waals surface area contributed by atoms with Gasteiger partial charge in [-0.05, 0) is 36.3 Å². The molecule has 1 saturated carbocycles. The van der Waals surface area contributed by atoms with Gasteiger partial charge in [-0.25, -0.2) is 4.79 Å². The van der Waals surface area contributed by atoms with Crippen molar-refractivity contribution in [2.45, 2.75) is 19.3 Å². The number of aliphatic hydroxyl groups is 1. The van der Waals surface area contributed by atoms with E-state index in [-0.39, 0.29) is 12.0 Å². The minimum atomic E-state index is -0.890. The van der Waals surface area contributed by atoms with E-state index in [0.717, 1.165) is 18.4 Å². The van der Waals surface area contributed by atoms with Crippen LogP contribution in [-0.2, 0) is 6.42 Å². The molecule has 1 fully saturated rings. The molecule has 0 bridgehead atoms. The van der Waals surface area contributed by atoms with Crippen LogP contribution in [0, 0.1) is 5.41 Å². The molecule has 2 N–H and O–H groups in total. The first-order chi connectivity index (χ1) is 7.17. The van der Waals surface area contributed by atoms with Crippen LogP contribution < -0.4 is 0 Å². The predicted molar refractivity (Wildman–Crippen MR) is 55.9 cm³/mol. The normalized spacial score (nSPS) is 17.4. The first-order valence-corrected chi connectivity index (χ1v) is 5.09. The standard InChI is InChI=1S/C12H14O3/c13-8-12(5-6-12)7-9-3-1-2-4-10(9)11(14)15/h1-4,13H,5-8H2,(H,14,15). The molecule has 0 spiro atoms. The molecule has 1 aliphatic rings. The van der Waals surface area contributed by atoms with Gasteiger partial charge < -0.3 is 10.2 Å². The maximum Gasteiger partial charge on any atom is 0.335 e. The number of carboxylic acids is 1. The van der Waals surface area contributed by atoms with E-state index < -0.39 is 5.97 Å². The number of carbonyl (C=O) groups is 1. The lowest BCUT2D eigenvalue weighted by Gasteiger charge is -2.13. The van der Waals surface area contributed by atoms with Crippen LogP contribution in [0.5, 0.6) is 0 Å². The number of hydrogen-bond acceptors (Lipinski definition) is 2. The van der Waals surface area contributed by atoms with Gasteiger partial charge in [-0.1, -0.05) is 18.2 Å². The Morgan fingerprint density at radius 3 is 2.53 bits per heavy atom. The summed E-state index contributed by atoms with van der Waals surface area (Å²) in [5.41, 5.74) is 1.15. The third-order valence-electron chi connectivity index (χ3n) is 3.11. The molecule has 3 nitrogen and oxygen atoms in total. The van der Waals surface area contributed by atoms with Crippen LogP contribution in [0.15, 0.2) is 24.3 Å². The van der Waals surface area contributed by atoms with Crippen molar-refractivity contribution in [1.29, 1.82) is 0 Å². The maximum absolute atomic E-state index is 11.0. The van der Waals surface area contributed by atoms with Gasteiger partial charge in [0, 0.05) is 6.61 Å². The first kappa shape index (κ1) is 10.2. The Hall–Kier alpha value is -1.35. The molecule has 2 rings (SSSR count). The summed E-state index contributed by atoms with van der Waals surface area (Å²) in [6, 6.07) is 7.02. The molecule has 1 aromatic rings. The number of carboxylic acid groups (broad SMARTS) is 1. The van der Waals surface area contributed by atoms with Crippen LogP contribution in [0.4, 0.5) is 0 Å². The fraction of sp³-hybridized carbons (Fsp3) is 0.417. The van der Waals surface area contributed by atoms with Gasteiger partial charge in [0.15, 0.2) is 0 Å². The van der Waals surface area contributed by atoms with Gasteiger partial charge in [0.1, 0.15) is 0 Å². The fourth-order valence-corrected chi connectivity index (χ4v) is 1.85. The number of benzene rings is 1. The third-order valence-corrected chi connectivity index (χ3v) is 3.11. The Balaban J connectivity index is 2.24. The Labute approximate surface area is 88.4 Å². The summed E-state index contributed by atoms with van der Waals surface area (Å²) in [5, 5.41) is 18.2. The van der Waals surface area contributed by atoms with Crippen molar-refractivity contribution >= 4 is 5.97 Å². The zero-order valence-electron chi connectivity index (χ0n) is 8.44. The van der Waals surface area contributed by atoms with E-state index in [1.807, 2.05) is 12.1 Å². The van der Waals surface area contributed by atoms with E-state index in [1.165, 1.54) is 0 Å². The second-order valence-corrected chi connectivity index (χ2v) is 4.30. The molecule has 3 heteroatoms. The molecular weight excluding hydrogens is 192 g/mol. The average molecular weight is 206 g/mol. The highest BCUT2D eigenvalue weighted by atomic mass is 16.4. The van der Waals surface area contributed by atoms with Gasteiger partial charge in [0.2, 0.25) is 0 Å². The Morgan fingerprint density at radius 1 is 1.33 bits per heavy atom. The van der Waals surface area contributed by atoms with Gasteiger partial charge >= 0.3 is 5.97 Å². The lowest BCUT2D eigenvalue weighted by atomic mass is 9.94. The van der Waals surface area contributed by atoms with Gasteiger partial charge in [0.05, 0.1) is 5.56 Å². The van der Waals surface area contributed by atoms with E-state index in [9.17, 15) is 9.90 Å². The van der Waals surface area contributed by atoms with Crippen molar-refractivity contribution < 1.29 is 15.0 Å². The molecule has 0 saturated heterocycles. The lowest BCUT2D eigenvalue weighted by Crippen LogP contribution is -2.13. The van der Waals surface area contributed by atoms with Crippen LogP contribution in [0.2, 0.25) is 0 Å². The Morgan fingerprint density at radius 2 is 2.00 bits per heavy atom. The summed E-state index contributed by atoms with van der Waals surface area (Å²) < 4.78 is 0. The van der Waals surface area contributed by atoms with E-state index in [2.05, 4.69) is 0 Å². The largest absolute Gasteiger partial charge is 0.478 e. The minimum Gasteiger partial charge on any atom is -0.478 e. The first-order valence-electron chi connectivity index (χ1n) is 5.09. The molecule has 1 aliphatic carbocycles. The van der Waals surface area contributed by atoms with E-state index in [1.54, 1.807) is 12.1 Å². The molecule has 0 heterocycles. The highest BCUT2D eigenvalue weighted by Crippen LogP contribution is 2.48. The molecule has 0 unspecified atom stereocenters. The van der Waals surface area contributed by atoms with E-state index >= 15 is 0 Å². The van der Waals surface area contributed by atoms with Gasteiger partial charge in [-0.3, -0.25) is 0 Å². The van der Waals surface area contributed by atoms with Gasteiger partial charge in [0.25, 0.3) is 0 Å². The zero-order chi connectivity index (χ0) is 10.9. The van der Waals surface area contributed by atoms with Crippen molar-refractivity contribution in [3.8, 4) is 0 Å². The zero-order valence-corrected chi connectivity index (χ0v) is 8.44. The molecule has 0 amide bonds.